The van der Waals surface area contributed by atoms with Crippen LogP contribution in [-0.4, -0.2) is 47.1 Å². The molecule has 0 saturated heterocycles. The summed E-state index contributed by atoms with van der Waals surface area (Å²) in [6, 6.07) is 11.5. The van der Waals surface area contributed by atoms with E-state index in [0.29, 0.717) is 11.3 Å². The number of aryl methyl sites for hydroxylation is 1. The summed E-state index contributed by atoms with van der Waals surface area (Å²) in [5, 5.41) is 2.87. The second kappa shape index (κ2) is 9.21. The largest absolute Gasteiger partial charge is 0.496 e. The molecule has 0 aliphatic carbocycles. The lowest BCUT2D eigenvalue weighted by molar-refractivity contribution is -0.126. The van der Waals surface area contributed by atoms with Crippen molar-refractivity contribution in [3.05, 3.63) is 77.1 Å². The van der Waals surface area contributed by atoms with Gasteiger partial charge in [-0.15, -0.1) is 0 Å². The van der Waals surface area contributed by atoms with Gasteiger partial charge in [0.05, 0.1) is 27.1 Å². The van der Waals surface area contributed by atoms with Crippen molar-refractivity contribution in [3.63, 3.8) is 0 Å². The predicted molar refractivity (Wildman–Crippen MR) is 125 cm³/mol. The Balaban J connectivity index is 1.77. The van der Waals surface area contributed by atoms with E-state index in [2.05, 4.69) is 10.3 Å². The van der Waals surface area contributed by atoms with Gasteiger partial charge in [-0.3, -0.25) is 14.5 Å². The van der Waals surface area contributed by atoms with E-state index < -0.39 is 29.1 Å². The predicted octanol–water partition coefficient (Wildman–Crippen LogP) is 2.86. The van der Waals surface area contributed by atoms with Crippen molar-refractivity contribution in [2.45, 2.75) is 32.5 Å². The third-order valence-corrected chi connectivity index (χ3v) is 6.13. The van der Waals surface area contributed by atoms with Gasteiger partial charge < -0.3 is 19.4 Å². The highest BCUT2D eigenvalue weighted by molar-refractivity contribution is 6.15. The number of hydrogen-bond acceptors (Lipinski definition) is 6. The van der Waals surface area contributed by atoms with E-state index in [-0.39, 0.29) is 30.2 Å². The molecule has 10 heteroatoms. The molecule has 1 aliphatic rings. The molecule has 9 nitrogen and oxygen atoms in total. The van der Waals surface area contributed by atoms with Crippen LogP contribution in [-0.2, 0) is 22.6 Å². The summed E-state index contributed by atoms with van der Waals surface area (Å²) in [6.07, 6.45) is 1.32. The van der Waals surface area contributed by atoms with Crippen LogP contribution < -0.4 is 15.0 Å². The first-order chi connectivity index (χ1) is 16.7. The number of benzene rings is 2. The van der Waals surface area contributed by atoms with Gasteiger partial charge in [0.2, 0.25) is 5.91 Å². The van der Waals surface area contributed by atoms with Crippen molar-refractivity contribution in [2.24, 2.45) is 0 Å². The average molecular weight is 480 g/mol. The fraction of sp³-hybridized carbons (Fsp3) is 0.280. The third-order valence-electron chi connectivity index (χ3n) is 6.13. The first-order valence-electron chi connectivity index (χ1n) is 10.9. The van der Waals surface area contributed by atoms with Crippen molar-refractivity contribution in [3.8, 4) is 5.75 Å². The first kappa shape index (κ1) is 23.9. The maximum Gasteiger partial charge on any atom is 0.359 e. The molecule has 1 atom stereocenters. The van der Waals surface area contributed by atoms with E-state index >= 15 is 0 Å². The Hall–Kier alpha value is -4.21. The summed E-state index contributed by atoms with van der Waals surface area (Å²) < 4.78 is 26.1. The van der Waals surface area contributed by atoms with E-state index in [4.69, 9.17) is 9.47 Å². The Bertz CT molecular complexity index is 1320. The normalized spacial score (nSPS) is 17.1. The Morgan fingerprint density at radius 2 is 1.94 bits per heavy atom. The fourth-order valence-corrected chi connectivity index (χ4v) is 4.22. The third kappa shape index (κ3) is 4.11. The number of ether oxygens (including phenoxy) is 2. The summed E-state index contributed by atoms with van der Waals surface area (Å²) in [7, 11) is 2.72. The van der Waals surface area contributed by atoms with Crippen LogP contribution in [0.3, 0.4) is 0 Å². The number of rotatable bonds is 6. The maximum atomic E-state index is 14.5. The Morgan fingerprint density at radius 1 is 1.20 bits per heavy atom. The lowest BCUT2D eigenvalue weighted by atomic mass is 9.93. The number of hydrogen-bond donors (Lipinski definition) is 1. The molecule has 2 amide bonds. The van der Waals surface area contributed by atoms with E-state index in [9.17, 15) is 18.8 Å². The topological polar surface area (TPSA) is 103 Å². The van der Waals surface area contributed by atoms with Crippen LogP contribution in [0.4, 0.5) is 10.1 Å². The molecule has 0 bridgehead atoms. The molecule has 2 aromatic carbocycles. The number of methoxy groups -OCH3 is 2. The van der Waals surface area contributed by atoms with Crippen LogP contribution in [0.2, 0.25) is 0 Å². The van der Waals surface area contributed by atoms with Gasteiger partial charge in [0.1, 0.15) is 22.8 Å². The van der Waals surface area contributed by atoms with Crippen molar-refractivity contribution in [1.82, 2.24) is 14.9 Å². The number of para-hydroxylation sites is 1. The van der Waals surface area contributed by atoms with E-state index in [1.807, 2.05) is 18.2 Å². The summed E-state index contributed by atoms with van der Waals surface area (Å²) in [4.78, 5) is 44.8. The van der Waals surface area contributed by atoms with Crippen LogP contribution >= 0.6 is 0 Å². The monoisotopic (exact) mass is 480 g/mol. The number of halogens is 1. The van der Waals surface area contributed by atoms with Crippen LogP contribution in [0.1, 0.15) is 39.0 Å². The molecule has 3 aromatic rings. The lowest BCUT2D eigenvalue weighted by Gasteiger charge is -2.43. The van der Waals surface area contributed by atoms with Crippen molar-refractivity contribution < 1.29 is 28.2 Å². The Kier molecular flexibility index (Phi) is 6.29. The number of carbonyl (C=O) groups excluding carboxylic acids is 3. The minimum absolute atomic E-state index is 0.0225. The van der Waals surface area contributed by atoms with E-state index in [1.54, 1.807) is 26.0 Å². The second-order valence-electron chi connectivity index (χ2n) is 8.40. The van der Waals surface area contributed by atoms with Gasteiger partial charge in [-0.2, -0.15) is 0 Å². The number of aromatic nitrogens is 2. The molecule has 2 heterocycles. The molecule has 0 unspecified atom stereocenters. The summed E-state index contributed by atoms with van der Waals surface area (Å²) in [6.45, 7) is 3.31. The number of anilines is 1. The molecule has 1 aromatic heterocycles. The highest BCUT2D eigenvalue weighted by Crippen LogP contribution is 2.34. The SMILES string of the molecule is COC(=O)c1ncn2c1C(=O)N(c1ccc(C)c(F)c1)[C@@](C)(C(=O)NCc1ccccc1OC)C2. The molecule has 1 N–H and O–H groups in total. The Labute approximate surface area is 201 Å². The number of amides is 2. The molecular weight excluding hydrogens is 455 g/mol. The van der Waals surface area contributed by atoms with Crippen LogP contribution in [0.25, 0.3) is 0 Å². The molecule has 4 rings (SSSR count). The molecule has 0 spiro atoms. The van der Waals surface area contributed by atoms with Gasteiger partial charge in [0.25, 0.3) is 5.91 Å². The fourth-order valence-electron chi connectivity index (χ4n) is 4.22. The number of esters is 1. The van der Waals surface area contributed by atoms with Gasteiger partial charge in [0.15, 0.2) is 5.69 Å². The van der Waals surface area contributed by atoms with Crippen molar-refractivity contribution in [2.75, 3.05) is 19.1 Å². The smallest absolute Gasteiger partial charge is 0.359 e. The number of nitrogens with one attached hydrogen (secondary N) is 1. The molecular formula is C25H25FN4O5. The first-order valence-corrected chi connectivity index (χ1v) is 10.9. The summed E-state index contributed by atoms with van der Waals surface area (Å²) >= 11 is 0. The number of imidazole rings is 1. The molecule has 0 saturated carbocycles. The molecule has 1 aliphatic heterocycles. The van der Waals surface area contributed by atoms with Crippen LogP contribution in [0.5, 0.6) is 5.75 Å². The zero-order valence-electron chi connectivity index (χ0n) is 19.8. The molecule has 35 heavy (non-hydrogen) atoms. The highest BCUT2D eigenvalue weighted by atomic mass is 19.1. The minimum atomic E-state index is -1.47. The second-order valence-corrected chi connectivity index (χ2v) is 8.40. The van der Waals surface area contributed by atoms with Crippen LogP contribution in [0.15, 0.2) is 48.8 Å². The quantitative estimate of drug-likeness (QED) is 0.545. The van der Waals surface area contributed by atoms with E-state index in [1.165, 1.54) is 42.1 Å². The number of nitrogens with zero attached hydrogens (tertiary/aromatic N) is 3. The summed E-state index contributed by atoms with van der Waals surface area (Å²) in [5.74, 6) is -1.86. The lowest BCUT2D eigenvalue weighted by Crippen LogP contribution is -2.64. The highest BCUT2D eigenvalue weighted by Gasteiger charge is 2.50. The van der Waals surface area contributed by atoms with Gasteiger partial charge in [0, 0.05) is 17.8 Å². The zero-order chi connectivity index (χ0) is 25.3. The Morgan fingerprint density at radius 3 is 2.63 bits per heavy atom. The number of carbonyl (C=O) groups is 3. The van der Waals surface area contributed by atoms with Crippen LogP contribution in [0, 0.1) is 12.7 Å². The zero-order valence-corrected chi connectivity index (χ0v) is 19.8. The maximum absolute atomic E-state index is 14.5. The van der Waals surface area contributed by atoms with Gasteiger partial charge in [-0.25, -0.2) is 14.2 Å². The minimum Gasteiger partial charge on any atom is -0.496 e. The molecule has 0 fully saturated rings. The average Bonchev–Trinajstić information content (AvgIpc) is 3.28. The van der Waals surface area contributed by atoms with Gasteiger partial charge in [-0.1, -0.05) is 24.3 Å². The van der Waals surface area contributed by atoms with E-state index in [0.717, 1.165) is 5.56 Å². The van der Waals surface area contributed by atoms with Crippen molar-refractivity contribution >= 4 is 23.5 Å². The van der Waals surface area contributed by atoms with Gasteiger partial charge >= 0.3 is 5.97 Å². The van der Waals surface area contributed by atoms with Gasteiger partial charge in [-0.05, 0) is 37.6 Å². The molecule has 182 valence electrons. The summed E-state index contributed by atoms with van der Waals surface area (Å²) in [5.41, 5.74) is -0.364. The van der Waals surface area contributed by atoms with Crippen molar-refractivity contribution in [1.29, 1.82) is 0 Å². The number of fused-ring (bicyclic) bond motifs is 1. The molecule has 0 radical (unpaired) electrons. The standard InChI is InChI=1S/C25H25FN4O5/c1-15-9-10-17(11-18(15)26)30-22(31)21-20(23(32)35-4)28-14-29(21)13-25(30,2)24(33)27-12-16-7-5-6-8-19(16)34-3/h5-11,14H,12-13H2,1-4H3,(H,27,33)/t25-/m1/s1.